The molecule has 0 bridgehead atoms. The van der Waals surface area contributed by atoms with Gasteiger partial charge in [-0.2, -0.15) is 0 Å². The maximum atomic E-state index is 12.3. The van der Waals surface area contributed by atoms with Crippen molar-refractivity contribution in [2.75, 3.05) is 39.1 Å². The highest BCUT2D eigenvalue weighted by Crippen LogP contribution is 2.15. The SMILES string of the molecule is CCCCOCCCNC(=NC)NCCS(=O)(=O)c1ccc(Br)cc1. The summed E-state index contributed by atoms with van der Waals surface area (Å²) in [5, 5.41) is 6.18. The number of nitrogens with zero attached hydrogens (tertiary/aromatic N) is 1. The zero-order valence-corrected chi connectivity index (χ0v) is 17.3. The number of aliphatic imine (C=N–C) groups is 1. The van der Waals surface area contributed by atoms with Gasteiger partial charge in [-0.1, -0.05) is 29.3 Å². The van der Waals surface area contributed by atoms with Gasteiger partial charge in [-0.25, -0.2) is 8.42 Å². The zero-order chi connectivity index (χ0) is 18.5. The van der Waals surface area contributed by atoms with Crippen molar-refractivity contribution in [2.24, 2.45) is 4.99 Å². The molecular weight excluding hydrogens is 406 g/mol. The van der Waals surface area contributed by atoms with Crippen molar-refractivity contribution in [3.05, 3.63) is 28.7 Å². The molecule has 0 saturated heterocycles. The summed E-state index contributed by atoms with van der Waals surface area (Å²) in [4.78, 5) is 4.42. The Morgan fingerprint density at radius 3 is 2.40 bits per heavy atom. The molecule has 1 rings (SSSR count). The van der Waals surface area contributed by atoms with Gasteiger partial charge in [0, 0.05) is 37.8 Å². The first kappa shape index (κ1) is 21.9. The third kappa shape index (κ3) is 9.23. The number of sulfone groups is 1. The van der Waals surface area contributed by atoms with Crippen LogP contribution < -0.4 is 10.6 Å². The number of hydrogen-bond donors (Lipinski definition) is 2. The summed E-state index contributed by atoms with van der Waals surface area (Å²) in [7, 11) is -1.64. The number of halogens is 1. The number of unbranched alkanes of at least 4 members (excludes halogenated alkanes) is 1. The first-order valence-electron chi connectivity index (χ1n) is 8.50. The minimum absolute atomic E-state index is 0.00939. The largest absolute Gasteiger partial charge is 0.381 e. The van der Waals surface area contributed by atoms with Crippen LogP contribution >= 0.6 is 15.9 Å². The maximum absolute atomic E-state index is 12.3. The lowest BCUT2D eigenvalue weighted by atomic mass is 10.4. The van der Waals surface area contributed by atoms with Crippen molar-refractivity contribution >= 4 is 31.7 Å². The Balaban J connectivity index is 2.27. The van der Waals surface area contributed by atoms with Crippen molar-refractivity contribution in [2.45, 2.75) is 31.1 Å². The molecule has 0 amide bonds. The second-order valence-electron chi connectivity index (χ2n) is 5.52. The minimum Gasteiger partial charge on any atom is -0.381 e. The first-order chi connectivity index (χ1) is 12.0. The molecule has 25 heavy (non-hydrogen) atoms. The quantitative estimate of drug-likeness (QED) is 0.318. The van der Waals surface area contributed by atoms with Crippen molar-refractivity contribution in [1.29, 1.82) is 0 Å². The Labute approximate surface area is 159 Å². The van der Waals surface area contributed by atoms with E-state index in [1.807, 2.05) is 0 Å². The summed E-state index contributed by atoms with van der Waals surface area (Å²) in [6, 6.07) is 6.66. The summed E-state index contributed by atoms with van der Waals surface area (Å²) in [6.07, 6.45) is 3.10. The Kier molecular flexibility index (Phi) is 10.8. The molecule has 0 radical (unpaired) electrons. The van der Waals surface area contributed by atoms with Gasteiger partial charge < -0.3 is 15.4 Å². The predicted octanol–water partition coefficient (Wildman–Crippen LogP) is 2.59. The molecule has 1 aromatic carbocycles. The zero-order valence-electron chi connectivity index (χ0n) is 14.9. The van der Waals surface area contributed by atoms with Gasteiger partial charge in [0.05, 0.1) is 10.6 Å². The summed E-state index contributed by atoms with van der Waals surface area (Å²) >= 11 is 3.30. The van der Waals surface area contributed by atoms with Crippen molar-refractivity contribution < 1.29 is 13.2 Å². The molecule has 0 unspecified atom stereocenters. The lowest BCUT2D eigenvalue weighted by Crippen LogP contribution is -2.40. The van der Waals surface area contributed by atoms with Gasteiger partial charge in [-0.3, -0.25) is 4.99 Å². The van der Waals surface area contributed by atoms with Crippen LogP contribution in [0.25, 0.3) is 0 Å². The lowest BCUT2D eigenvalue weighted by Gasteiger charge is -2.12. The normalized spacial score (nSPS) is 12.2. The number of benzene rings is 1. The average molecular weight is 434 g/mol. The molecule has 0 atom stereocenters. The van der Waals surface area contributed by atoms with Crippen molar-refractivity contribution in [3.63, 3.8) is 0 Å². The van der Waals surface area contributed by atoms with Crippen LogP contribution in [0.5, 0.6) is 0 Å². The van der Waals surface area contributed by atoms with E-state index < -0.39 is 9.84 Å². The summed E-state index contributed by atoms with van der Waals surface area (Å²) in [5.74, 6) is 0.606. The van der Waals surface area contributed by atoms with Crippen molar-refractivity contribution in [1.82, 2.24) is 10.6 Å². The third-order valence-corrected chi connectivity index (χ3v) is 5.72. The van der Waals surface area contributed by atoms with Crippen LogP contribution in [0.4, 0.5) is 0 Å². The number of nitrogens with one attached hydrogen (secondary N) is 2. The summed E-state index contributed by atoms with van der Waals surface area (Å²) in [5.41, 5.74) is 0. The molecule has 0 aliphatic heterocycles. The monoisotopic (exact) mass is 433 g/mol. The molecule has 142 valence electrons. The fourth-order valence-corrected chi connectivity index (χ4v) is 3.44. The van der Waals surface area contributed by atoms with Gasteiger partial charge in [-0.05, 0) is 37.1 Å². The fraction of sp³-hybridized carbons (Fsp3) is 0.588. The van der Waals surface area contributed by atoms with E-state index in [0.717, 1.165) is 36.9 Å². The molecule has 0 saturated carbocycles. The van der Waals surface area contributed by atoms with E-state index in [-0.39, 0.29) is 5.75 Å². The maximum Gasteiger partial charge on any atom is 0.191 e. The molecule has 0 aliphatic carbocycles. The van der Waals surface area contributed by atoms with E-state index in [0.29, 0.717) is 24.0 Å². The van der Waals surface area contributed by atoms with Gasteiger partial charge in [0.1, 0.15) is 0 Å². The Bertz CT molecular complexity index is 619. The first-order valence-corrected chi connectivity index (χ1v) is 10.9. The highest BCUT2D eigenvalue weighted by Gasteiger charge is 2.14. The summed E-state index contributed by atoms with van der Waals surface area (Å²) < 4.78 is 30.9. The van der Waals surface area contributed by atoms with E-state index in [1.54, 1.807) is 31.3 Å². The molecule has 0 spiro atoms. The van der Waals surface area contributed by atoms with Crippen LogP contribution in [-0.4, -0.2) is 53.5 Å². The number of ether oxygens (including phenoxy) is 1. The van der Waals surface area contributed by atoms with E-state index in [9.17, 15) is 8.42 Å². The van der Waals surface area contributed by atoms with Crippen LogP contribution in [0.1, 0.15) is 26.2 Å². The smallest absolute Gasteiger partial charge is 0.191 e. The van der Waals surface area contributed by atoms with Gasteiger partial charge in [0.15, 0.2) is 15.8 Å². The molecule has 2 N–H and O–H groups in total. The second kappa shape index (κ2) is 12.3. The molecule has 6 nitrogen and oxygen atoms in total. The Hall–Kier alpha value is -1.12. The third-order valence-electron chi connectivity index (χ3n) is 3.46. The van der Waals surface area contributed by atoms with Gasteiger partial charge >= 0.3 is 0 Å². The van der Waals surface area contributed by atoms with E-state index in [2.05, 4.69) is 38.5 Å². The van der Waals surface area contributed by atoms with Crippen LogP contribution in [-0.2, 0) is 14.6 Å². The molecule has 0 heterocycles. The van der Waals surface area contributed by atoms with Crippen LogP contribution in [0.15, 0.2) is 38.6 Å². The highest BCUT2D eigenvalue weighted by molar-refractivity contribution is 9.10. The van der Waals surface area contributed by atoms with Crippen LogP contribution in [0.2, 0.25) is 0 Å². The van der Waals surface area contributed by atoms with E-state index in [4.69, 9.17) is 4.74 Å². The van der Waals surface area contributed by atoms with Crippen LogP contribution in [0, 0.1) is 0 Å². The minimum atomic E-state index is -3.31. The summed E-state index contributed by atoms with van der Waals surface area (Å²) in [6.45, 7) is 4.67. The molecular formula is C17H28BrN3O3S. The average Bonchev–Trinajstić information content (AvgIpc) is 2.59. The molecule has 0 aromatic heterocycles. The molecule has 0 fully saturated rings. The van der Waals surface area contributed by atoms with E-state index in [1.165, 1.54) is 0 Å². The fourth-order valence-electron chi connectivity index (χ4n) is 2.01. The van der Waals surface area contributed by atoms with Crippen molar-refractivity contribution in [3.8, 4) is 0 Å². The molecule has 8 heteroatoms. The topological polar surface area (TPSA) is 79.8 Å². The van der Waals surface area contributed by atoms with Gasteiger partial charge in [-0.15, -0.1) is 0 Å². The Morgan fingerprint density at radius 2 is 1.76 bits per heavy atom. The van der Waals surface area contributed by atoms with E-state index >= 15 is 0 Å². The lowest BCUT2D eigenvalue weighted by molar-refractivity contribution is 0.129. The standard InChI is InChI=1S/C17H28BrN3O3S/c1-3-4-12-24-13-5-10-20-17(19-2)21-11-14-25(22,23)16-8-6-15(18)7-9-16/h6-9H,3-5,10-14H2,1-2H3,(H2,19,20,21). The predicted molar refractivity (Wildman–Crippen MR) is 106 cm³/mol. The Morgan fingerprint density at radius 1 is 1.12 bits per heavy atom. The number of hydrogen-bond acceptors (Lipinski definition) is 4. The molecule has 0 aliphatic rings. The second-order valence-corrected chi connectivity index (χ2v) is 8.54. The van der Waals surface area contributed by atoms with Gasteiger partial charge in [0.2, 0.25) is 0 Å². The number of guanidine groups is 1. The van der Waals surface area contributed by atoms with Crippen LogP contribution in [0.3, 0.4) is 0 Å². The number of rotatable bonds is 11. The van der Waals surface area contributed by atoms with Gasteiger partial charge in [0.25, 0.3) is 0 Å². The highest BCUT2D eigenvalue weighted by atomic mass is 79.9. The molecule has 1 aromatic rings.